The first kappa shape index (κ1) is 15.5. The van der Waals surface area contributed by atoms with Crippen LogP contribution in [0.25, 0.3) is 0 Å². The second-order valence-electron chi connectivity index (χ2n) is 7.81. The molecule has 16 heavy (non-hydrogen) atoms. The zero-order valence-corrected chi connectivity index (χ0v) is 12.4. The molecule has 0 unspecified atom stereocenters. The highest BCUT2D eigenvalue weighted by Gasteiger charge is 2.62. The molecular weight excluding hydrogens is 200 g/mol. The van der Waals surface area contributed by atoms with Crippen molar-refractivity contribution in [3.63, 3.8) is 0 Å². The van der Waals surface area contributed by atoms with Gasteiger partial charge in [-0.3, -0.25) is 4.79 Å². The van der Waals surface area contributed by atoms with Crippen molar-refractivity contribution in [1.82, 2.24) is 0 Å². The van der Waals surface area contributed by atoms with E-state index in [4.69, 9.17) is 0 Å². The fourth-order valence-electron chi connectivity index (χ4n) is 4.34. The summed E-state index contributed by atoms with van der Waals surface area (Å²) in [6.45, 7) is 18.2. The molecular formula is C14H28O2. The van der Waals surface area contributed by atoms with Crippen LogP contribution in [-0.4, -0.2) is 11.1 Å². The summed E-state index contributed by atoms with van der Waals surface area (Å²) >= 11 is 0. The number of hydrogen-bond acceptors (Lipinski definition) is 1. The lowest BCUT2D eigenvalue weighted by Crippen LogP contribution is -2.59. The van der Waals surface area contributed by atoms with Gasteiger partial charge >= 0.3 is 5.97 Å². The van der Waals surface area contributed by atoms with Crippen LogP contribution in [0.15, 0.2) is 0 Å². The summed E-state index contributed by atoms with van der Waals surface area (Å²) in [7, 11) is 0. The minimum absolute atomic E-state index is 0.296. The summed E-state index contributed by atoms with van der Waals surface area (Å²) in [5.41, 5.74) is -1.66. The molecule has 0 aromatic carbocycles. The molecule has 0 heterocycles. The molecule has 2 nitrogen and oxygen atoms in total. The Morgan fingerprint density at radius 1 is 0.688 bits per heavy atom. The molecule has 0 aromatic rings. The van der Waals surface area contributed by atoms with Gasteiger partial charge in [0.15, 0.2) is 0 Å². The highest BCUT2D eigenvalue weighted by molar-refractivity contribution is 5.78. The molecule has 0 amide bonds. The lowest BCUT2D eigenvalue weighted by atomic mass is 9.44. The highest BCUT2D eigenvalue weighted by atomic mass is 16.4. The van der Waals surface area contributed by atoms with Crippen molar-refractivity contribution in [3.8, 4) is 0 Å². The van der Waals surface area contributed by atoms with Crippen molar-refractivity contribution in [2.24, 2.45) is 21.7 Å². The topological polar surface area (TPSA) is 37.3 Å². The first-order valence-corrected chi connectivity index (χ1v) is 5.93. The van der Waals surface area contributed by atoms with Crippen molar-refractivity contribution in [3.05, 3.63) is 0 Å². The summed E-state index contributed by atoms with van der Waals surface area (Å²) in [4.78, 5) is 12.0. The molecule has 2 heteroatoms. The molecule has 0 spiro atoms. The minimum atomic E-state index is -0.771. The molecule has 96 valence electrons. The quantitative estimate of drug-likeness (QED) is 0.730. The number of hydrogen-bond donors (Lipinski definition) is 1. The van der Waals surface area contributed by atoms with Crippen molar-refractivity contribution in [2.75, 3.05) is 0 Å². The Bertz CT molecular complexity index is 233. The standard InChI is InChI=1S/C14H28O2/c1-11(2,3)14(10(15)16,12(4,5)6)13(7,8)9/h1-9H3,(H,15,16). The van der Waals surface area contributed by atoms with E-state index in [1.165, 1.54) is 0 Å². The zero-order valence-electron chi connectivity index (χ0n) is 12.4. The third-order valence-electron chi connectivity index (χ3n) is 3.70. The molecule has 0 aliphatic heterocycles. The summed E-state index contributed by atoms with van der Waals surface area (Å²) in [5, 5.41) is 9.83. The van der Waals surface area contributed by atoms with E-state index in [0.717, 1.165) is 0 Å². The molecule has 1 N–H and O–H groups in total. The van der Waals surface area contributed by atoms with Crippen LogP contribution >= 0.6 is 0 Å². The number of carboxylic acid groups (broad SMARTS) is 1. The maximum absolute atomic E-state index is 12.0. The lowest BCUT2D eigenvalue weighted by Gasteiger charge is -2.57. The molecule has 0 aromatic heterocycles. The highest BCUT2D eigenvalue weighted by Crippen LogP contribution is 2.61. The third kappa shape index (κ3) is 1.99. The Kier molecular flexibility index (Phi) is 3.62. The number of aliphatic carboxylic acids is 1. The number of carbonyl (C=O) groups is 1. The van der Waals surface area contributed by atoms with Gasteiger partial charge in [-0.2, -0.15) is 0 Å². The van der Waals surface area contributed by atoms with Gasteiger partial charge < -0.3 is 5.11 Å². The van der Waals surface area contributed by atoms with Crippen LogP contribution in [0.5, 0.6) is 0 Å². The summed E-state index contributed by atoms with van der Waals surface area (Å²) in [6, 6.07) is 0. The third-order valence-corrected chi connectivity index (χ3v) is 3.70. The van der Waals surface area contributed by atoms with E-state index < -0.39 is 11.4 Å². The molecule has 0 atom stereocenters. The SMILES string of the molecule is CC(C)(C)C(C(=O)O)(C(C)(C)C)C(C)(C)C. The molecule has 0 bridgehead atoms. The van der Waals surface area contributed by atoms with E-state index in [1.54, 1.807) is 0 Å². The Labute approximate surface area is 100 Å². The second-order valence-corrected chi connectivity index (χ2v) is 7.81. The largest absolute Gasteiger partial charge is 0.481 e. The average molecular weight is 228 g/mol. The second kappa shape index (κ2) is 3.75. The van der Waals surface area contributed by atoms with Gasteiger partial charge in [-0.05, 0) is 16.2 Å². The van der Waals surface area contributed by atoms with Crippen molar-refractivity contribution in [1.29, 1.82) is 0 Å². The van der Waals surface area contributed by atoms with Crippen molar-refractivity contribution < 1.29 is 9.90 Å². The van der Waals surface area contributed by atoms with Gasteiger partial charge in [0.2, 0.25) is 0 Å². The normalized spacial score (nSPS) is 15.1. The van der Waals surface area contributed by atoms with Crippen LogP contribution in [-0.2, 0) is 4.79 Å². The molecule has 0 saturated carbocycles. The van der Waals surface area contributed by atoms with E-state index in [9.17, 15) is 9.90 Å². The average Bonchev–Trinajstić information content (AvgIpc) is 1.71. The van der Waals surface area contributed by atoms with E-state index in [-0.39, 0.29) is 16.2 Å². The Morgan fingerprint density at radius 2 is 0.875 bits per heavy atom. The monoisotopic (exact) mass is 228 g/mol. The fraction of sp³-hybridized carbons (Fsp3) is 0.929. The maximum atomic E-state index is 12.0. The smallest absolute Gasteiger partial charge is 0.311 e. The van der Waals surface area contributed by atoms with E-state index >= 15 is 0 Å². The summed E-state index contributed by atoms with van der Waals surface area (Å²) in [6.07, 6.45) is 0. The minimum Gasteiger partial charge on any atom is -0.481 e. The molecule has 0 aliphatic carbocycles. The van der Waals surface area contributed by atoms with Gasteiger partial charge in [-0.15, -0.1) is 0 Å². The van der Waals surface area contributed by atoms with E-state index in [0.29, 0.717) is 0 Å². The fourth-order valence-corrected chi connectivity index (χ4v) is 4.34. The van der Waals surface area contributed by atoms with Gasteiger partial charge in [0, 0.05) is 0 Å². The summed E-state index contributed by atoms with van der Waals surface area (Å²) < 4.78 is 0. The van der Waals surface area contributed by atoms with E-state index in [1.807, 2.05) is 62.3 Å². The molecule has 0 rings (SSSR count). The van der Waals surface area contributed by atoms with Gasteiger partial charge in [0.1, 0.15) is 0 Å². The maximum Gasteiger partial charge on any atom is 0.311 e. The van der Waals surface area contributed by atoms with Crippen LogP contribution in [0, 0.1) is 21.7 Å². The predicted molar refractivity (Wildman–Crippen MR) is 68.4 cm³/mol. The summed E-state index contributed by atoms with van der Waals surface area (Å²) in [5.74, 6) is -0.694. The zero-order chi connectivity index (χ0) is 13.6. The molecule has 0 radical (unpaired) electrons. The predicted octanol–water partition coefficient (Wildman–Crippen LogP) is 4.20. The van der Waals surface area contributed by atoms with Crippen LogP contribution in [0.2, 0.25) is 0 Å². The first-order valence-electron chi connectivity index (χ1n) is 5.93. The molecule has 0 aliphatic rings. The first-order chi connectivity index (χ1) is 6.69. The van der Waals surface area contributed by atoms with Crippen LogP contribution < -0.4 is 0 Å². The Morgan fingerprint density at radius 3 is 0.875 bits per heavy atom. The number of rotatable bonds is 1. The van der Waals surface area contributed by atoms with Crippen LogP contribution in [0.4, 0.5) is 0 Å². The van der Waals surface area contributed by atoms with Crippen molar-refractivity contribution in [2.45, 2.75) is 62.3 Å². The van der Waals surface area contributed by atoms with Gasteiger partial charge in [-0.25, -0.2) is 0 Å². The van der Waals surface area contributed by atoms with Gasteiger partial charge in [0.25, 0.3) is 0 Å². The lowest BCUT2D eigenvalue weighted by molar-refractivity contribution is -0.188. The van der Waals surface area contributed by atoms with Crippen molar-refractivity contribution >= 4 is 5.97 Å². The number of carboxylic acids is 1. The molecule has 0 saturated heterocycles. The Hall–Kier alpha value is -0.530. The van der Waals surface area contributed by atoms with Gasteiger partial charge in [0.05, 0.1) is 5.41 Å². The van der Waals surface area contributed by atoms with E-state index in [2.05, 4.69) is 0 Å². The van der Waals surface area contributed by atoms with Gasteiger partial charge in [-0.1, -0.05) is 62.3 Å². The molecule has 0 fully saturated rings. The van der Waals surface area contributed by atoms with Crippen LogP contribution in [0.1, 0.15) is 62.3 Å². The van der Waals surface area contributed by atoms with Crippen LogP contribution in [0.3, 0.4) is 0 Å². The Balaban J connectivity index is 6.17.